The topological polar surface area (TPSA) is 177 Å². The summed E-state index contributed by atoms with van der Waals surface area (Å²) in [6.07, 6.45) is 0.879. The fourth-order valence-electron chi connectivity index (χ4n) is 3.54. The third-order valence-electron chi connectivity index (χ3n) is 5.38. The highest BCUT2D eigenvalue weighted by Gasteiger charge is 2.25. The van der Waals surface area contributed by atoms with Gasteiger partial charge in [-0.15, -0.1) is 0 Å². The van der Waals surface area contributed by atoms with Gasteiger partial charge in [-0.05, 0) is 42.0 Å². The largest absolute Gasteiger partial charge is 0.497 e. The summed E-state index contributed by atoms with van der Waals surface area (Å²) in [4.78, 5) is 51.6. The minimum Gasteiger partial charge on any atom is -0.497 e. The molecule has 3 N–H and O–H groups in total. The Morgan fingerprint density at radius 3 is 2.13 bits per heavy atom. The standard InChI is InChI=1S/C26H20N4O8/c1-35-16-7-3-14(4-8-16)21-18(11-27)24(38-22(21)15-5-9-17(36-2)10-6-15)29-20(31)13-37-25(33)19-12-28-26(34)30-23(19)32/h3-10,12H,13H2,1-2H3,(H,29,31)(H2,28,30,32,34). The molecule has 2 aromatic heterocycles. The summed E-state index contributed by atoms with van der Waals surface area (Å²) in [6, 6.07) is 15.9. The van der Waals surface area contributed by atoms with Crippen LogP contribution in [-0.2, 0) is 9.53 Å². The number of ether oxygens (including phenoxy) is 3. The Morgan fingerprint density at radius 2 is 1.58 bits per heavy atom. The summed E-state index contributed by atoms with van der Waals surface area (Å²) in [5.74, 6) is -0.585. The number of rotatable bonds is 8. The number of nitrogens with one attached hydrogen (secondary N) is 3. The van der Waals surface area contributed by atoms with Crippen molar-refractivity contribution >= 4 is 17.8 Å². The van der Waals surface area contributed by atoms with E-state index in [1.165, 1.54) is 14.2 Å². The van der Waals surface area contributed by atoms with Gasteiger partial charge in [0.1, 0.15) is 34.5 Å². The van der Waals surface area contributed by atoms with Gasteiger partial charge >= 0.3 is 11.7 Å². The number of furan rings is 1. The number of hydrogen-bond acceptors (Lipinski definition) is 9. The number of nitrogens with zero attached hydrogens (tertiary/aromatic N) is 1. The average molecular weight is 516 g/mol. The maximum Gasteiger partial charge on any atom is 0.345 e. The van der Waals surface area contributed by atoms with Gasteiger partial charge in [0, 0.05) is 17.3 Å². The first kappa shape index (κ1) is 25.5. The first-order chi connectivity index (χ1) is 18.3. The van der Waals surface area contributed by atoms with Crippen molar-refractivity contribution < 1.29 is 28.2 Å². The van der Waals surface area contributed by atoms with Crippen molar-refractivity contribution in [2.24, 2.45) is 0 Å². The van der Waals surface area contributed by atoms with Gasteiger partial charge in [0.2, 0.25) is 5.88 Å². The van der Waals surface area contributed by atoms with Gasteiger partial charge in [-0.1, -0.05) is 12.1 Å². The van der Waals surface area contributed by atoms with Crippen molar-refractivity contribution in [3.63, 3.8) is 0 Å². The molecule has 0 unspecified atom stereocenters. The van der Waals surface area contributed by atoms with E-state index >= 15 is 0 Å². The van der Waals surface area contributed by atoms with Gasteiger partial charge in [0.05, 0.1) is 14.2 Å². The minimum absolute atomic E-state index is 0.0396. The summed E-state index contributed by atoms with van der Waals surface area (Å²) >= 11 is 0. The molecule has 0 aliphatic heterocycles. The molecule has 0 aliphatic rings. The first-order valence-corrected chi connectivity index (χ1v) is 11.0. The predicted molar refractivity (Wildman–Crippen MR) is 134 cm³/mol. The van der Waals surface area contributed by atoms with E-state index in [0.29, 0.717) is 33.9 Å². The molecule has 12 heteroatoms. The zero-order valence-corrected chi connectivity index (χ0v) is 20.1. The molecule has 0 saturated heterocycles. The number of benzene rings is 2. The number of carbonyl (C=O) groups excluding carboxylic acids is 2. The van der Waals surface area contributed by atoms with E-state index in [4.69, 9.17) is 18.6 Å². The van der Waals surface area contributed by atoms with E-state index in [-0.39, 0.29) is 11.4 Å². The van der Waals surface area contributed by atoms with Crippen molar-refractivity contribution in [1.82, 2.24) is 9.97 Å². The van der Waals surface area contributed by atoms with Crippen LogP contribution in [0.4, 0.5) is 5.88 Å². The molecule has 192 valence electrons. The Morgan fingerprint density at radius 1 is 0.974 bits per heavy atom. The molecule has 2 heterocycles. The van der Waals surface area contributed by atoms with Crippen LogP contribution in [0.1, 0.15) is 15.9 Å². The van der Waals surface area contributed by atoms with Crippen LogP contribution in [0.3, 0.4) is 0 Å². The second kappa shape index (κ2) is 11.0. The quantitative estimate of drug-likeness (QED) is 0.297. The lowest BCUT2D eigenvalue weighted by Gasteiger charge is -2.06. The fraction of sp³-hybridized carbons (Fsp3) is 0.115. The summed E-state index contributed by atoms with van der Waals surface area (Å²) in [5.41, 5.74) is -0.558. The summed E-state index contributed by atoms with van der Waals surface area (Å²) in [6.45, 7) is -0.793. The molecule has 0 bridgehead atoms. The van der Waals surface area contributed by atoms with Crippen molar-refractivity contribution in [2.75, 3.05) is 26.1 Å². The van der Waals surface area contributed by atoms with Crippen LogP contribution in [0.15, 0.2) is 68.7 Å². The zero-order valence-electron chi connectivity index (χ0n) is 20.1. The number of H-pyrrole nitrogens is 2. The van der Waals surface area contributed by atoms with E-state index in [1.54, 1.807) is 48.5 Å². The summed E-state index contributed by atoms with van der Waals surface area (Å²) < 4.78 is 21.2. The van der Waals surface area contributed by atoms with E-state index in [0.717, 1.165) is 6.20 Å². The number of nitriles is 1. The van der Waals surface area contributed by atoms with Gasteiger partial charge in [-0.25, -0.2) is 9.59 Å². The van der Waals surface area contributed by atoms with E-state index < -0.39 is 35.3 Å². The molecular weight excluding hydrogens is 496 g/mol. The molecule has 2 aromatic carbocycles. The molecule has 0 fully saturated rings. The number of amides is 1. The Balaban J connectivity index is 1.65. The fourth-order valence-corrected chi connectivity index (χ4v) is 3.54. The highest BCUT2D eigenvalue weighted by atomic mass is 16.5. The molecule has 0 spiro atoms. The molecule has 0 radical (unpaired) electrons. The highest BCUT2D eigenvalue weighted by molar-refractivity contribution is 5.98. The number of carbonyl (C=O) groups is 2. The number of anilines is 1. The maximum absolute atomic E-state index is 12.6. The molecule has 0 saturated carbocycles. The Bertz CT molecular complexity index is 1640. The summed E-state index contributed by atoms with van der Waals surface area (Å²) in [7, 11) is 3.07. The number of aromatic amines is 2. The van der Waals surface area contributed by atoms with Gasteiger partial charge in [-0.2, -0.15) is 5.26 Å². The van der Waals surface area contributed by atoms with Gasteiger partial charge in [0.25, 0.3) is 11.5 Å². The van der Waals surface area contributed by atoms with Crippen LogP contribution >= 0.6 is 0 Å². The molecule has 38 heavy (non-hydrogen) atoms. The normalized spacial score (nSPS) is 10.3. The number of aromatic nitrogens is 2. The molecule has 1 amide bonds. The third kappa shape index (κ3) is 5.31. The molecule has 0 atom stereocenters. The Labute approximate surface area is 214 Å². The SMILES string of the molecule is COc1ccc(-c2oc(NC(=O)COC(=O)c3c[nH]c(=O)[nH]c3=O)c(C#N)c2-c2ccc(OC)cc2)cc1. The second-order valence-corrected chi connectivity index (χ2v) is 7.69. The van der Waals surface area contributed by atoms with Crippen LogP contribution in [0.2, 0.25) is 0 Å². The molecule has 12 nitrogen and oxygen atoms in total. The second-order valence-electron chi connectivity index (χ2n) is 7.69. The third-order valence-corrected chi connectivity index (χ3v) is 5.38. The van der Waals surface area contributed by atoms with E-state index in [1.807, 2.05) is 4.98 Å². The predicted octanol–water partition coefficient (Wildman–Crippen LogP) is 2.67. The lowest BCUT2D eigenvalue weighted by atomic mass is 9.98. The number of esters is 1. The molecule has 4 aromatic rings. The highest BCUT2D eigenvalue weighted by Crippen LogP contribution is 2.42. The van der Waals surface area contributed by atoms with Crippen molar-refractivity contribution in [3.8, 4) is 40.0 Å². The Kier molecular flexibility index (Phi) is 7.39. The van der Waals surface area contributed by atoms with Crippen LogP contribution < -0.4 is 26.0 Å². The van der Waals surface area contributed by atoms with Crippen molar-refractivity contribution in [2.45, 2.75) is 0 Å². The lowest BCUT2D eigenvalue weighted by molar-refractivity contribution is -0.119. The van der Waals surface area contributed by atoms with Gasteiger partial charge in [-0.3, -0.25) is 19.9 Å². The van der Waals surface area contributed by atoms with Crippen LogP contribution in [-0.4, -0.2) is 42.7 Å². The van der Waals surface area contributed by atoms with Gasteiger partial charge < -0.3 is 23.6 Å². The first-order valence-electron chi connectivity index (χ1n) is 11.0. The molecular formula is C26H20N4O8. The summed E-state index contributed by atoms with van der Waals surface area (Å²) in [5, 5.41) is 12.4. The van der Waals surface area contributed by atoms with E-state index in [2.05, 4.69) is 16.4 Å². The smallest absolute Gasteiger partial charge is 0.345 e. The Hall–Kier alpha value is -5.57. The lowest BCUT2D eigenvalue weighted by Crippen LogP contribution is -2.29. The van der Waals surface area contributed by atoms with Crippen molar-refractivity contribution in [1.29, 1.82) is 5.26 Å². The van der Waals surface area contributed by atoms with Crippen molar-refractivity contribution in [3.05, 3.63) is 86.7 Å². The monoisotopic (exact) mass is 516 g/mol. The maximum atomic E-state index is 12.6. The number of hydrogen-bond donors (Lipinski definition) is 3. The van der Waals surface area contributed by atoms with Crippen LogP contribution in [0.25, 0.3) is 22.5 Å². The van der Waals surface area contributed by atoms with Crippen LogP contribution in [0.5, 0.6) is 11.5 Å². The number of methoxy groups -OCH3 is 2. The average Bonchev–Trinajstić information content (AvgIpc) is 3.29. The van der Waals surface area contributed by atoms with Gasteiger partial charge in [0.15, 0.2) is 6.61 Å². The molecule has 4 rings (SSSR count). The van der Waals surface area contributed by atoms with Crippen LogP contribution in [0, 0.1) is 11.3 Å². The zero-order chi connectivity index (χ0) is 27.2. The minimum atomic E-state index is -1.13. The van der Waals surface area contributed by atoms with E-state index in [9.17, 15) is 24.4 Å². The molecule has 0 aliphatic carbocycles.